The van der Waals surface area contributed by atoms with Gasteiger partial charge < -0.3 is 5.32 Å². The maximum Gasteiger partial charge on any atom is 0.230 e. The topological polar surface area (TPSA) is 42.0 Å². The number of rotatable bonds is 5. The van der Waals surface area contributed by atoms with Gasteiger partial charge in [0.05, 0.1) is 11.4 Å². The highest BCUT2D eigenvalue weighted by Crippen LogP contribution is 2.28. The van der Waals surface area contributed by atoms with Crippen LogP contribution >= 0.6 is 23.1 Å². The molecule has 19 heavy (non-hydrogen) atoms. The van der Waals surface area contributed by atoms with Gasteiger partial charge in [-0.05, 0) is 13.8 Å². The molecule has 0 spiro atoms. The third-order valence-corrected chi connectivity index (χ3v) is 4.55. The number of thiazole rings is 1. The fourth-order valence-electron chi connectivity index (χ4n) is 1.56. The van der Waals surface area contributed by atoms with Crippen molar-refractivity contribution in [2.24, 2.45) is 0 Å². The highest BCUT2D eigenvalue weighted by atomic mass is 32.2. The molecule has 5 heteroatoms. The Labute approximate surface area is 121 Å². The molecular weight excluding hydrogens is 276 g/mol. The van der Waals surface area contributed by atoms with Crippen LogP contribution in [0.1, 0.15) is 12.5 Å². The Kier molecular flexibility index (Phi) is 4.99. The molecular formula is C14H16N2OS2. The summed E-state index contributed by atoms with van der Waals surface area (Å²) in [6.07, 6.45) is 0. The summed E-state index contributed by atoms with van der Waals surface area (Å²) in [5.41, 5.74) is 3.33. The molecule has 1 N–H and O–H groups in total. The molecule has 0 aliphatic carbocycles. The molecule has 1 amide bonds. The van der Waals surface area contributed by atoms with Crippen LogP contribution in [0.15, 0.2) is 34.0 Å². The van der Waals surface area contributed by atoms with Gasteiger partial charge in [0.25, 0.3) is 0 Å². The minimum atomic E-state index is 0.0552. The van der Waals surface area contributed by atoms with Gasteiger partial charge in [0, 0.05) is 17.5 Å². The van der Waals surface area contributed by atoms with E-state index < -0.39 is 0 Å². The van der Waals surface area contributed by atoms with Crippen LogP contribution in [0.3, 0.4) is 0 Å². The smallest absolute Gasteiger partial charge is 0.230 e. The van der Waals surface area contributed by atoms with E-state index in [-0.39, 0.29) is 5.91 Å². The molecule has 2 rings (SSSR count). The zero-order valence-electron chi connectivity index (χ0n) is 11.0. The molecule has 2 aromatic rings. The monoisotopic (exact) mass is 292 g/mol. The summed E-state index contributed by atoms with van der Waals surface area (Å²) in [6, 6.07) is 8.30. The van der Waals surface area contributed by atoms with Crippen molar-refractivity contribution in [2.75, 3.05) is 12.3 Å². The zero-order chi connectivity index (χ0) is 13.7. The first kappa shape index (κ1) is 14.1. The van der Waals surface area contributed by atoms with Gasteiger partial charge in [-0.15, -0.1) is 11.3 Å². The summed E-state index contributed by atoms with van der Waals surface area (Å²) in [4.78, 5) is 15.9. The molecule has 1 heterocycles. The summed E-state index contributed by atoms with van der Waals surface area (Å²) in [5.74, 6) is 0.480. The largest absolute Gasteiger partial charge is 0.356 e. The fourth-order valence-corrected chi connectivity index (χ4v) is 3.22. The Morgan fingerprint density at radius 3 is 2.79 bits per heavy atom. The number of hydrogen-bond acceptors (Lipinski definition) is 4. The van der Waals surface area contributed by atoms with Crippen molar-refractivity contribution in [1.29, 1.82) is 0 Å². The van der Waals surface area contributed by atoms with Crippen LogP contribution in [0, 0.1) is 6.92 Å². The number of aryl methyl sites for hydroxylation is 1. The molecule has 0 aliphatic heterocycles. The molecule has 3 nitrogen and oxygen atoms in total. The molecule has 0 atom stereocenters. The third-order valence-electron chi connectivity index (χ3n) is 2.53. The van der Waals surface area contributed by atoms with Crippen molar-refractivity contribution in [3.63, 3.8) is 0 Å². The predicted molar refractivity (Wildman–Crippen MR) is 81.7 cm³/mol. The van der Waals surface area contributed by atoms with E-state index in [1.54, 1.807) is 11.3 Å². The summed E-state index contributed by atoms with van der Waals surface area (Å²) in [7, 11) is 0. The lowest BCUT2D eigenvalue weighted by atomic mass is 10.1. The van der Waals surface area contributed by atoms with Crippen LogP contribution in [-0.2, 0) is 4.79 Å². The highest BCUT2D eigenvalue weighted by molar-refractivity contribution is 8.01. The second kappa shape index (κ2) is 6.73. The molecule has 0 fully saturated rings. The van der Waals surface area contributed by atoms with Crippen LogP contribution in [0.2, 0.25) is 0 Å². The predicted octanol–water partition coefficient (Wildman–Crippen LogP) is 3.35. The summed E-state index contributed by atoms with van der Waals surface area (Å²) in [6.45, 7) is 4.66. The van der Waals surface area contributed by atoms with Crippen LogP contribution < -0.4 is 5.32 Å². The Balaban J connectivity index is 1.99. The molecule has 0 saturated carbocycles. The average Bonchev–Trinajstić information content (AvgIpc) is 2.86. The lowest BCUT2D eigenvalue weighted by Crippen LogP contribution is -2.24. The number of nitrogens with zero attached hydrogens (tertiary/aromatic N) is 1. The molecule has 1 aromatic carbocycles. The van der Waals surface area contributed by atoms with Crippen molar-refractivity contribution in [2.45, 2.75) is 18.2 Å². The maximum absolute atomic E-state index is 11.4. The fraction of sp³-hybridized carbons (Fsp3) is 0.286. The van der Waals surface area contributed by atoms with Gasteiger partial charge in [-0.2, -0.15) is 0 Å². The van der Waals surface area contributed by atoms with E-state index in [0.717, 1.165) is 15.6 Å². The molecule has 1 aromatic heterocycles. The van der Waals surface area contributed by atoms with Crippen LogP contribution in [0.5, 0.6) is 0 Å². The Morgan fingerprint density at radius 1 is 1.37 bits per heavy atom. The second-order valence-corrected chi connectivity index (χ2v) is 6.19. The van der Waals surface area contributed by atoms with E-state index in [2.05, 4.69) is 41.5 Å². The van der Waals surface area contributed by atoms with E-state index in [1.165, 1.54) is 17.3 Å². The van der Waals surface area contributed by atoms with Gasteiger partial charge in [-0.25, -0.2) is 4.98 Å². The van der Waals surface area contributed by atoms with Gasteiger partial charge in [0.1, 0.15) is 0 Å². The number of hydrogen-bond donors (Lipinski definition) is 1. The van der Waals surface area contributed by atoms with Gasteiger partial charge in [-0.1, -0.05) is 41.6 Å². The van der Waals surface area contributed by atoms with Crippen LogP contribution in [-0.4, -0.2) is 23.2 Å². The zero-order valence-corrected chi connectivity index (χ0v) is 12.6. The van der Waals surface area contributed by atoms with E-state index in [1.807, 2.05) is 12.3 Å². The van der Waals surface area contributed by atoms with Gasteiger partial charge in [0.15, 0.2) is 4.34 Å². The number of carbonyl (C=O) groups is 1. The normalized spacial score (nSPS) is 10.4. The first-order valence-electron chi connectivity index (χ1n) is 6.11. The third kappa shape index (κ3) is 4.08. The molecule has 0 aliphatic rings. The van der Waals surface area contributed by atoms with E-state index in [9.17, 15) is 4.79 Å². The van der Waals surface area contributed by atoms with Crippen molar-refractivity contribution in [1.82, 2.24) is 10.3 Å². The number of aromatic nitrogens is 1. The lowest BCUT2D eigenvalue weighted by molar-refractivity contribution is -0.118. The number of thioether (sulfide) groups is 1. The standard InChI is InChI=1S/C14H16N2OS2/c1-3-15-13(17)9-19-14-16-12(8-18-14)11-6-4-10(2)5-7-11/h4-8H,3,9H2,1-2H3,(H,15,17). The minimum Gasteiger partial charge on any atom is -0.356 e. The SMILES string of the molecule is CCNC(=O)CSc1nc(-c2ccc(C)cc2)cs1. The summed E-state index contributed by atoms with van der Waals surface area (Å²) < 4.78 is 0.932. The van der Waals surface area contributed by atoms with Gasteiger partial charge in [0.2, 0.25) is 5.91 Å². The van der Waals surface area contributed by atoms with E-state index >= 15 is 0 Å². The maximum atomic E-state index is 11.4. The van der Waals surface area contributed by atoms with Crippen molar-refractivity contribution < 1.29 is 4.79 Å². The van der Waals surface area contributed by atoms with Crippen LogP contribution in [0.4, 0.5) is 0 Å². The van der Waals surface area contributed by atoms with E-state index in [0.29, 0.717) is 12.3 Å². The first-order valence-corrected chi connectivity index (χ1v) is 7.97. The first-order chi connectivity index (χ1) is 9.19. The van der Waals surface area contributed by atoms with Gasteiger partial charge >= 0.3 is 0 Å². The van der Waals surface area contributed by atoms with Gasteiger partial charge in [-0.3, -0.25) is 4.79 Å². The van der Waals surface area contributed by atoms with Crippen molar-refractivity contribution >= 4 is 29.0 Å². The molecule has 0 bridgehead atoms. The van der Waals surface area contributed by atoms with Crippen molar-refractivity contribution in [3.8, 4) is 11.3 Å². The lowest BCUT2D eigenvalue weighted by Gasteiger charge is -1.99. The van der Waals surface area contributed by atoms with Crippen molar-refractivity contribution in [3.05, 3.63) is 35.2 Å². The number of benzene rings is 1. The second-order valence-electron chi connectivity index (χ2n) is 4.11. The Bertz CT molecular complexity index is 549. The summed E-state index contributed by atoms with van der Waals surface area (Å²) in [5, 5.41) is 4.81. The molecule has 0 unspecified atom stereocenters. The molecule has 0 saturated heterocycles. The highest BCUT2D eigenvalue weighted by Gasteiger charge is 2.07. The average molecular weight is 292 g/mol. The molecule has 100 valence electrons. The number of carbonyl (C=O) groups excluding carboxylic acids is 1. The van der Waals surface area contributed by atoms with E-state index in [4.69, 9.17) is 0 Å². The Morgan fingerprint density at radius 2 is 2.11 bits per heavy atom. The molecule has 0 radical (unpaired) electrons. The minimum absolute atomic E-state index is 0.0552. The van der Waals surface area contributed by atoms with Crippen LogP contribution in [0.25, 0.3) is 11.3 Å². The summed E-state index contributed by atoms with van der Waals surface area (Å²) >= 11 is 3.06. The number of amides is 1. The number of nitrogens with one attached hydrogen (secondary N) is 1. The Hall–Kier alpha value is -1.33. The quantitative estimate of drug-likeness (QED) is 0.859.